The number of hydrogen-bond donors (Lipinski definition) is 1. The van der Waals surface area contributed by atoms with Gasteiger partial charge in [0.2, 0.25) is 0 Å². The van der Waals surface area contributed by atoms with Gasteiger partial charge in [-0.3, -0.25) is 0 Å². The molecule has 5 nitrogen and oxygen atoms in total. The van der Waals surface area contributed by atoms with Crippen LogP contribution in [-0.4, -0.2) is 26.1 Å². The summed E-state index contributed by atoms with van der Waals surface area (Å²) in [7, 11) is 1.10. The molecule has 0 spiro atoms. The van der Waals surface area contributed by atoms with Crippen LogP contribution >= 0.6 is 38.2 Å². The van der Waals surface area contributed by atoms with Gasteiger partial charge < -0.3 is 9.84 Å². The Hall–Kier alpha value is -0.500. The molecule has 0 aromatic heterocycles. The SMILES string of the molecule is O=C(O)COc1c(Cl)cc(Br)cc1S(=O)(=O)Cl. The fourth-order valence-electron chi connectivity index (χ4n) is 0.992. The molecule has 0 bridgehead atoms. The van der Waals surface area contributed by atoms with Gasteiger partial charge in [-0.2, -0.15) is 0 Å². The lowest BCUT2D eigenvalue weighted by molar-refractivity contribution is -0.139. The number of ether oxygens (including phenoxy) is 1. The maximum absolute atomic E-state index is 11.3. The van der Waals surface area contributed by atoms with Gasteiger partial charge in [0.25, 0.3) is 9.05 Å². The maximum Gasteiger partial charge on any atom is 0.341 e. The number of carbonyl (C=O) groups is 1. The first-order valence-electron chi connectivity index (χ1n) is 4.00. The summed E-state index contributed by atoms with van der Waals surface area (Å²) in [5, 5.41) is 8.40. The second-order valence-electron chi connectivity index (χ2n) is 2.84. The molecule has 1 aromatic rings. The highest BCUT2D eigenvalue weighted by Crippen LogP contribution is 2.37. The normalized spacial score (nSPS) is 11.2. The average Bonchev–Trinajstić information content (AvgIpc) is 2.13. The van der Waals surface area contributed by atoms with Crippen LogP contribution in [0.2, 0.25) is 5.02 Å². The predicted octanol–water partition coefficient (Wildman–Crippen LogP) is 2.49. The van der Waals surface area contributed by atoms with Gasteiger partial charge in [0.15, 0.2) is 12.4 Å². The molecule has 0 amide bonds. The smallest absolute Gasteiger partial charge is 0.341 e. The van der Waals surface area contributed by atoms with Crippen molar-refractivity contribution in [2.75, 3.05) is 6.61 Å². The van der Waals surface area contributed by atoms with E-state index >= 15 is 0 Å². The second kappa shape index (κ2) is 5.43. The molecule has 17 heavy (non-hydrogen) atoms. The zero-order valence-corrected chi connectivity index (χ0v) is 11.9. The third-order valence-corrected chi connectivity index (χ3v) is 3.64. The highest BCUT2D eigenvalue weighted by Gasteiger charge is 2.21. The van der Waals surface area contributed by atoms with E-state index in [4.69, 9.17) is 32.1 Å². The van der Waals surface area contributed by atoms with Crippen LogP contribution < -0.4 is 4.74 Å². The molecule has 1 aromatic carbocycles. The van der Waals surface area contributed by atoms with E-state index in [0.717, 1.165) is 0 Å². The van der Waals surface area contributed by atoms with Crippen LogP contribution in [0.4, 0.5) is 0 Å². The highest BCUT2D eigenvalue weighted by atomic mass is 79.9. The maximum atomic E-state index is 11.3. The molecule has 0 aliphatic heterocycles. The van der Waals surface area contributed by atoms with Crippen molar-refractivity contribution in [2.24, 2.45) is 0 Å². The van der Waals surface area contributed by atoms with Crippen molar-refractivity contribution in [3.05, 3.63) is 21.6 Å². The fourth-order valence-corrected chi connectivity index (χ4v) is 3.06. The van der Waals surface area contributed by atoms with Gasteiger partial charge in [0.1, 0.15) is 4.90 Å². The largest absolute Gasteiger partial charge is 0.479 e. The lowest BCUT2D eigenvalue weighted by Gasteiger charge is -2.10. The Labute approximate surface area is 115 Å². The summed E-state index contributed by atoms with van der Waals surface area (Å²) in [6, 6.07) is 2.54. The molecule has 1 rings (SSSR count). The van der Waals surface area contributed by atoms with Crippen molar-refractivity contribution in [1.29, 1.82) is 0 Å². The van der Waals surface area contributed by atoms with Crippen molar-refractivity contribution in [2.45, 2.75) is 4.90 Å². The van der Waals surface area contributed by atoms with Gasteiger partial charge in [-0.1, -0.05) is 27.5 Å². The summed E-state index contributed by atoms with van der Waals surface area (Å²) in [6.07, 6.45) is 0. The van der Waals surface area contributed by atoms with Crippen molar-refractivity contribution < 1.29 is 23.1 Å². The number of aliphatic carboxylic acids is 1. The molecule has 0 atom stereocenters. The Morgan fingerprint density at radius 2 is 2.06 bits per heavy atom. The Balaban J connectivity index is 3.31. The monoisotopic (exact) mass is 362 g/mol. The van der Waals surface area contributed by atoms with Crippen molar-refractivity contribution >= 4 is 53.2 Å². The lowest BCUT2D eigenvalue weighted by atomic mass is 10.3. The molecule has 0 saturated heterocycles. The van der Waals surface area contributed by atoms with E-state index in [2.05, 4.69) is 15.9 Å². The van der Waals surface area contributed by atoms with Crippen molar-refractivity contribution in [1.82, 2.24) is 0 Å². The molecule has 94 valence electrons. The van der Waals surface area contributed by atoms with Crippen molar-refractivity contribution in [3.63, 3.8) is 0 Å². The minimum atomic E-state index is -4.09. The number of halogens is 3. The quantitative estimate of drug-likeness (QED) is 0.831. The topological polar surface area (TPSA) is 80.7 Å². The molecule has 0 radical (unpaired) electrons. The first kappa shape index (κ1) is 14.6. The molecule has 0 aliphatic carbocycles. The lowest BCUT2D eigenvalue weighted by Crippen LogP contribution is -2.11. The van der Waals surface area contributed by atoms with E-state index in [1.165, 1.54) is 12.1 Å². The standard InChI is InChI=1S/C8H5BrCl2O5S/c9-4-1-5(10)8(16-3-7(12)13)6(2-4)17(11,14)15/h1-2H,3H2,(H,12,13). The second-order valence-corrected chi connectivity index (χ2v) is 6.69. The number of benzene rings is 1. The van der Waals surface area contributed by atoms with Gasteiger partial charge in [-0.05, 0) is 12.1 Å². The number of rotatable bonds is 4. The number of carboxylic acids is 1. The van der Waals surface area contributed by atoms with Crippen LogP contribution in [0.15, 0.2) is 21.5 Å². The molecule has 0 aliphatic rings. The summed E-state index contributed by atoms with van der Waals surface area (Å²) in [4.78, 5) is 9.96. The Morgan fingerprint density at radius 1 is 1.47 bits per heavy atom. The minimum absolute atomic E-state index is 0.0557. The molecule has 0 fully saturated rings. The highest BCUT2D eigenvalue weighted by molar-refractivity contribution is 9.10. The summed E-state index contributed by atoms with van der Waals surface area (Å²) < 4.78 is 27.7. The summed E-state index contributed by atoms with van der Waals surface area (Å²) in [5.74, 6) is -1.55. The minimum Gasteiger partial charge on any atom is -0.479 e. The van der Waals surface area contributed by atoms with Crippen molar-refractivity contribution in [3.8, 4) is 5.75 Å². The molecular formula is C8H5BrCl2O5S. The van der Waals surface area contributed by atoms with Crippen LogP contribution in [0.25, 0.3) is 0 Å². The summed E-state index contributed by atoms with van der Waals surface area (Å²) in [5.41, 5.74) is 0. The van der Waals surface area contributed by atoms with Crippen LogP contribution in [0, 0.1) is 0 Å². The molecule has 9 heteroatoms. The zero-order chi connectivity index (χ0) is 13.2. The molecule has 0 unspecified atom stereocenters. The Morgan fingerprint density at radius 3 is 2.53 bits per heavy atom. The van der Waals surface area contributed by atoms with Gasteiger partial charge in [-0.15, -0.1) is 0 Å². The van der Waals surface area contributed by atoms with Gasteiger partial charge in [0.05, 0.1) is 5.02 Å². The molecule has 1 N–H and O–H groups in total. The fraction of sp³-hybridized carbons (Fsp3) is 0.125. The van der Waals surface area contributed by atoms with Crippen LogP contribution in [-0.2, 0) is 13.8 Å². The zero-order valence-electron chi connectivity index (χ0n) is 7.98. The van der Waals surface area contributed by atoms with E-state index in [0.29, 0.717) is 4.47 Å². The first-order chi connectivity index (χ1) is 7.71. The molecule has 0 heterocycles. The van der Waals surface area contributed by atoms with Crippen LogP contribution in [0.5, 0.6) is 5.75 Å². The van der Waals surface area contributed by atoms with E-state index < -0.39 is 21.6 Å². The third kappa shape index (κ3) is 4.02. The Bertz CT molecular complexity index is 557. The van der Waals surface area contributed by atoms with E-state index in [9.17, 15) is 13.2 Å². The van der Waals surface area contributed by atoms with Gasteiger partial charge in [0, 0.05) is 15.2 Å². The average molecular weight is 364 g/mol. The third-order valence-electron chi connectivity index (χ3n) is 1.58. The van der Waals surface area contributed by atoms with Crippen LogP contribution in [0.3, 0.4) is 0 Å². The Kier molecular flexibility index (Phi) is 4.65. The number of carboxylic acid groups (broad SMARTS) is 1. The van der Waals surface area contributed by atoms with Gasteiger partial charge in [-0.25, -0.2) is 13.2 Å². The molecular weight excluding hydrogens is 359 g/mol. The summed E-state index contributed by atoms with van der Waals surface area (Å²) >= 11 is 8.79. The molecule has 0 saturated carbocycles. The number of hydrogen-bond acceptors (Lipinski definition) is 4. The van der Waals surface area contributed by atoms with E-state index in [1.54, 1.807) is 0 Å². The van der Waals surface area contributed by atoms with E-state index in [-0.39, 0.29) is 15.7 Å². The first-order valence-corrected chi connectivity index (χ1v) is 7.48. The predicted molar refractivity (Wildman–Crippen MR) is 65.3 cm³/mol. The van der Waals surface area contributed by atoms with Crippen LogP contribution in [0.1, 0.15) is 0 Å². The summed E-state index contributed by atoms with van der Waals surface area (Å²) in [6.45, 7) is -0.721. The van der Waals surface area contributed by atoms with E-state index in [1.807, 2.05) is 0 Å². The van der Waals surface area contributed by atoms with Gasteiger partial charge >= 0.3 is 5.97 Å².